The van der Waals surface area contributed by atoms with Crippen molar-refractivity contribution >= 4 is 34.1 Å². The normalized spacial score (nSPS) is 12.3. The first-order valence-electron chi connectivity index (χ1n) is 7.63. The van der Waals surface area contributed by atoms with Crippen LogP contribution in [-0.4, -0.2) is 32.6 Å². The average molecular weight is 343 g/mol. The molecule has 3 heterocycles. The van der Waals surface area contributed by atoms with E-state index in [-0.39, 0.29) is 5.78 Å². The number of aromatic nitrogens is 3. The number of pyridine rings is 1. The van der Waals surface area contributed by atoms with Crippen LogP contribution in [0.4, 0.5) is 0 Å². The molecule has 0 bridgehead atoms. The maximum Gasteiger partial charge on any atom is 0.339 e. The molecule has 7 heteroatoms. The Hall–Kier alpha value is -2.54. The fourth-order valence-corrected chi connectivity index (χ4v) is 2.99. The largest absolute Gasteiger partial charge is 0.451 e. The monoisotopic (exact) mass is 343 g/mol. The van der Waals surface area contributed by atoms with E-state index < -0.39 is 12.1 Å². The second kappa shape index (κ2) is 6.52. The third-order valence-electron chi connectivity index (χ3n) is 3.76. The molecule has 0 amide bonds. The zero-order valence-corrected chi connectivity index (χ0v) is 14.5. The summed E-state index contributed by atoms with van der Waals surface area (Å²) in [6.07, 6.45) is 0.825. The molecule has 0 radical (unpaired) electrons. The zero-order valence-electron chi connectivity index (χ0n) is 13.6. The van der Waals surface area contributed by atoms with Crippen LogP contribution in [-0.2, 0) is 16.1 Å². The number of ether oxygens (including phenoxy) is 1. The first kappa shape index (κ1) is 16.3. The van der Waals surface area contributed by atoms with Crippen molar-refractivity contribution < 1.29 is 14.3 Å². The number of Topliss-reactive ketones (excluding diaryl/α,β-unsaturated/α-hetero) is 1. The van der Waals surface area contributed by atoms with Crippen LogP contribution in [0.25, 0.3) is 21.6 Å². The maximum atomic E-state index is 12.6. The van der Waals surface area contributed by atoms with E-state index in [1.807, 2.05) is 24.4 Å². The van der Waals surface area contributed by atoms with E-state index in [2.05, 4.69) is 10.1 Å². The average Bonchev–Trinajstić information content (AvgIpc) is 3.22. The fraction of sp³-hybridized carbons (Fsp3) is 0.294. The quantitative estimate of drug-likeness (QED) is 0.665. The van der Waals surface area contributed by atoms with Gasteiger partial charge in [0, 0.05) is 6.54 Å². The van der Waals surface area contributed by atoms with E-state index in [4.69, 9.17) is 4.74 Å². The molecule has 3 rings (SSSR count). The van der Waals surface area contributed by atoms with Crippen molar-refractivity contribution in [1.82, 2.24) is 14.8 Å². The van der Waals surface area contributed by atoms with Crippen molar-refractivity contribution in [2.45, 2.75) is 33.4 Å². The van der Waals surface area contributed by atoms with Gasteiger partial charge in [-0.3, -0.25) is 4.79 Å². The lowest BCUT2D eigenvalue weighted by atomic mass is 10.1. The van der Waals surface area contributed by atoms with Crippen LogP contribution in [0, 0.1) is 0 Å². The summed E-state index contributed by atoms with van der Waals surface area (Å²) >= 11 is 1.54. The first-order chi connectivity index (χ1) is 11.5. The van der Waals surface area contributed by atoms with Gasteiger partial charge in [-0.05, 0) is 38.3 Å². The van der Waals surface area contributed by atoms with Crippen molar-refractivity contribution in [2.75, 3.05) is 0 Å². The molecule has 0 spiro atoms. The summed E-state index contributed by atoms with van der Waals surface area (Å²) in [5.74, 6) is -0.741. The first-order valence-corrected chi connectivity index (χ1v) is 8.51. The van der Waals surface area contributed by atoms with Crippen LogP contribution in [0.15, 0.2) is 29.8 Å². The summed E-state index contributed by atoms with van der Waals surface area (Å²) in [6, 6.07) is 5.57. The summed E-state index contributed by atoms with van der Waals surface area (Å²) in [5.41, 5.74) is 1.69. The van der Waals surface area contributed by atoms with Crippen LogP contribution in [0.3, 0.4) is 0 Å². The molecule has 1 atom stereocenters. The topological polar surface area (TPSA) is 74.1 Å². The minimum absolute atomic E-state index is 0.198. The van der Waals surface area contributed by atoms with Crippen LogP contribution in [0.1, 0.15) is 31.1 Å². The van der Waals surface area contributed by atoms with E-state index in [1.54, 1.807) is 35.2 Å². The summed E-state index contributed by atoms with van der Waals surface area (Å²) in [5, 5.41) is 6.85. The number of rotatable bonds is 5. The minimum Gasteiger partial charge on any atom is -0.451 e. The predicted octanol–water partition coefficient (Wildman–Crippen LogP) is 3.31. The standard InChI is InChI=1S/C17H17N3O3S/c1-4-20-16-13(9-18-20)12(17(22)23-11(3)10(2)21)8-14(19-16)15-6-5-7-24-15/h5-9,11H,4H2,1-3H3. The highest BCUT2D eigenvalue weighted by Crippen LogP contribution is 2.28. The van der Waals surface area contributed by atoms with E-state index in [9.17, 15) is 9.59 Å². The van der Waals surface area contributed by atoms with Crippen molar-refractivity contribution in [3.63, 3.8) is 0 Å². The number of esters is 1. The predicted molar refractivity (Wildman–Crippen MR) is 92.1 cm³/mol. The zero-order chi connectivity index (χ0) is 17.3. The van der Waals surface area contributed by atoms with Crippen molar-refractivity contribution in [3.8, 4) is 10.6 Å². The Bertz CT molecular complexity index is 899. The Morgan fingerprint density at radius 3 is 2.83 bits per heavy atom. The van der Waals surface area contributed by atoms with Gasteiger partial charge in [-0.25, -0.2) is 14.5 Å². The SMILES string of the molecule is CCn1ncc2c(C(=O)OC(C)C(C)=O)cc(-c3cccs3)nc21. The smallest absolute Gasteiger partial charge is 0.339 e. The number of aryl methyl sites for hydroxylation is 1. The Balaban J connectivity index is 2.13. The number of carbonyl (C=O) groups is 2. The van der Waals surface area contributed by atoms with Gasteiger partial charge in [-0.1, -0.05) is 6.07 Å². The molecule has 0 aliphatic heterocycles. The van der Waals surface area contributed by atoms with Crippen LogP contribution in [0.5, 0.6) is 0 Å². The molecule has 0 fully saturated rings. The van der Waals surface area contributed by atoms with E-state index in [0.29, 0.717) is 28.8 Å². The van der Waals surface area contributed by atoms with E-state index in [0.717, 1.165) is 4.88 Å². The Labute approximate surface area is 143 Å². The van der Waals surface area contributed by atoms with Crippen molar-refractivity contribution in [1.29, 1.82) is 0 Å². The molecule has 124 valence electrons. The van der Waals surface area contributed by atoms with Gasteiger partial charge in [-0.15, -0.1) is 11.3 Å². The summed E-state index contributed by atoms with van der Waals surface area (Å²) < 4.78 is 7.01. The summed E-state index contributed by atoms with van der Waals surface area (Å²) in [4.78, 5) is 29.5. The molecule has 0 saturated carbocycles. The van der Waals surface area contributed by atoms with Gasteiger partial charge in [0.15, 0.2) is 17.5 Å². The molecule has 0 aliphatic carbocycles. The van der Waals surface area contributed by atoms with Gasteiger partial charge in [0.25, 0.3) is 0 Å². The second-order valence-corrected chi connectivity index (χ2v) is 6.34. The molecule has 0 saturated heterocycles. The lowest BCUT2D eigenvalue weighted by Gasteiger charge is -2.11. The van der Waals surface area contributed by atoms with Gasteiger partial charge in [0.1, 0.15) is 0 Å². The van der Waals surface area contributed by atoms with Gasteiger partial charge in [-0.2, -0.15) is 5.10 Å². The molecule has 24 heavy (non-hydrogen) atoms. The number of thiophene rings is 1. The minimum atomic E-state index is -0.785. The highest BCUT2D eigenvalue weighted by Gasteiger charge is 2.21. The van der Waals surface area contributed by atoms with Crippen LogP contribution >= 0.6 is 11.3 Å². The summed E-state index contributed by atoms with van der Waals surface area (Å²) in [7, 11) is 0. The van der Waals surface area contributed by atoms with Gasteiger partial charge in [0.05, 0.1) is 27.7 Å². The molecule has 0 aliphatic rings. The Kier molecular flexibility index (Phi) is 4.44. The van der Waals surface area contributed by atoms with Gasteiger partial charge in [0.2, 0.25) is 0 Å². The number of nitrogens with zero attached hydrogens (tertiary/aromatic N) is 3. The fourth-order valence-electron chi connectivity index (χ4n) is 2.31. The molecule has 3 aromatic rings. The molecule has 6 nitrogen and oxygen atoms in total. The van der Waals surface area contributed by atoms with Crippen LogP contribution < -0.4 is 0 Å². The second-order valence-electron chi connectivity index (χ2n) is 5.39. The molecule has 1 unspecified atom stereocenters. The third-order valence-corrected chi connectivity index (χ3v) is 4.65. The Morgan fingerprint density at radius 2 is 2.21 bits per heavy atom. The van der Waals surface area contributed by atoms with Crippen molar-refractivity contribution in [3.05, 3.63) is 35.3 Å². The Morgan fingerprint density at radius 1 is 1.42 bits per heavy atom. The number of ketones is 1. The highest BCUT2D eigenvalue weighted by atomic mass is 32.1. The van der Waals surface area contributed by atoms with Gasteiger partial charge >= 0.3 is 5.97 Å². The molecule has 0 aromatic carbocycles. The molecular formula is C17H17N3O3S. The number of hydrogen-bond donors (Lipinski definition) is 0. The maximum absolute atomic E-state index is 12.6. The van der Waals surface area contributed by atoms with Crippen molar-refractivity contribution in [2.24, 2.45) is 0 Å². The number of carbonyl (C=O) groups excluding carboxylic acids is 2. The highest BCUT2D eigenvalue weighted by molar-refractivity contribution is 7.13. The molecule has 0 N–H and O–H groups in total. The lowest BCUT2D eigenvalue weighted by Crippen LogP contribution is -2.22. The molecule has 3 aromatic heterocycles. The number of fused-ring (bicyclic) bond motifs is 1. The lowest BCUT2D eigenvalue weighted by molar-refractivity contribution is -0.124. The number of hydrogen-bond acceptors (Lipinski definition) is 6. The van der Waals surface area contributed by atoms with Crippen LogP contribution in [0.2, 0.25) is 0 Å². The summed E-state index contributed by atoms with van der Waals surface area (Å²) in [6.45, 7) is 5.56. The third kappa shape index (κ3) is 2.94. The van der Waals surface area contributed by atoms with Gasteiger partial charge < -0.3 is 4.74 Å². The molecular weight excluding hydrogens is 326 g/mol. The van der Waals surface area contributed by atoms with E-state index >= 15 is 0 Å². The van der Waals surface area contributed by atoms with E-state index in [1.165, 1.54) is 6.92 Å².